The third kappa shape index (κ3) is 6.43. The lowest BCUT2D eigenvalue weighted by atomic mass is 9.34. The number of hydrogen-bond donors (Lipinski definition) is 0. The van der Waals surface area contributed by atoms with E-state index >= 15 is 0 Å². The van der Waals surface area contributed by atoms with E-state index in [1.807, 2.05) is 0 Å². The van der Waals surface area contributed by atoms with Gasteiger partial charge >= 0.3 is 0 Å². The second-order valence-electron chi connectivity index (χ2n) is 19.1. The van der Waals surface area contributed by atoms with Crippen LogP contribution in [0.25, 0.3) is 22.3 Å². The highest BCUT2D eigenvalue weighted by atomic mass is 28.3. The van der Waals surface area contributed by atoms with Crippen molar-refractivity contribution < 1.29 is 0 Å². The van der Waals surface area contributed by atoms with Gasteiger partial charge in [-0.15, -0.1) is 0 Å². The van der Waals surface area contributed by atoms with E-state index in [-0.39, 0.29) is 13.4 Å². The number of hydrogen-bond acceptors (Lipinski definition) is 2. The van der Waals surface area contributed by atoms with Crippen molar-refractivity contribution in [3.05, 3.63) is 279 Å². The Morgan fingerprint density at radius 1 is 0.296 bits per heavy atom. The van der Waals surface area contributed by atoms with E-state index in [4.69, 9.17) is 0 Å². The van der Waals surface area contributed by atoms with Crippen LogP contribution in [-0.2, 0) is 0 Å². The third-order valence-electron chi connectivity index (χ3n) is 15.5. The SMILES string of the molecule is c1ccc(-c2cccc(N(c3ccc(B4c5ccccc5[Si]5(c6ccccc64)c4ccccc4B4c6ccccc6N(c6ccccc6)c6cccc5c64)cc3)c3cccc(-c4ccccc4)c3)c2)cc1. The first-order chi connectivity index (χ1) is 35.3. The molecule has 0 fully saturated rings. The molecule has 3 aliphatic heterocycles. The molecule has 14 rings (SSSR count). The molecule has 11 aromatic carbocycles. The molecule has 0 aromatic heterocycles. The van der Waals surface area contributed by atoms with E-state index in [2.05, 4.69) is 289 Å². The molecular weight excluding hydrogens is 870 g/mol. The maximum Gasteiger partial charge on any atom is 0.246 e. The zero-order valence-corrected chi connectivity index (χ0v) is 40.1. The van der Waals surface area contributed by atoms with Crippen LogP contribution in [0, 0.1) is 0 Å². The molecule has 0 atom stereocenters. The zero-order valence-electron chi connectivity index (χ0n) is 39.1. The van der Waals surface area contributed by atoms with E-state index in [0.29, 0.717) is 0 Å². The van der Waals surface area contributed by atoms with Gasteiger partial charge in [-0.1, -0.05) is 240 Å². The van der Waals surface area contributed by atoms with E-state index in [1.165, 1.54) is 92.8 Å². The van der Waals surface area contributed by atoms with E-state index in [9.17, 15) is 0 Å². The van der Waals surface area contributed by atoms with Crippen molar-refractivity contribution in [2.45, 2.75) is 0 Å². The summed E-state index contributed by atoms with van der Waals surface area (Å²) in [4.78, 5) is 4.93. The number of benzene rings is 11. The molecule has 0 saturated heterocycles. The molecule has 1 spiro atoms. The third-order valence-corrected chi connectivity index (χ3v) is 20.5. The van der Waals surface area contributed by atoms with Crippen molar-refractivity contribution in [2.75, 3.05) is 9.80 Å². The summed E-state index contributed by atoms with van der Waals surface area (Å²) in [7, 11) is -2.95. The maximum atomic E-state index is 2.52. The van der Waals surface area contributed by atoms with Crippen LogP contribution in [0.15, 0.2) is 279 Å². The first kappa shape index (κ1) is 41.3. The second-order valence-corrected chi connectivity index (χ2v) is 22.8. The van der Waals surface area contributed by atoms with Crippen LogP contribution in [0.3, 0.4) is 0 Å². The summed E-state index contributed by atoms with van der Waals surface area (Å²) in [5.41, 5.74) is 20.1. The molecule has 71 heavy (non-hydrogen) atoms. The van der Waals surface area contributed by atoms with Gasteiger partial charge in [-0.3, -0.25) is 0 Å². The molecule has 2 nitrogen and oxygen atoms in total. The predicted molar refractivity (Wildman–Crippen MR) is 306 cm³/mol. The van der Waals surface area contributed by atoms with Crippen LogP contribution in [0.5, 0.6) is 0 Å². The van der Waals surface area contributed by atoms with Gasteiger partial charge in [-0.25, -0.2) is 0 Å². The molecule has 0 saturated carbocycles. The largest absolute Gasteiger partial charge is 0.312 e. The molecule has 11 aromatic rings. The summed E-state index contributed by atoms with van der Waals surface area (Å²) in [6.07, 6.45) is 0. The average molecular weight is 917 g/mol. The van der Waals surface area contributed by atoms with Crippen LogP contribution in [-0.4, -0.2) is 21.5 Å². The lowest BCUT2D eigenvalue weighted by Gasteiger charge is -2.50. The summed E-state index contributed by atoms with van der Waals surface area (Å²) in [6, 6.07) is 104. The quantitative estimate of drug-likeness (QED) is 0.147. The summed E-state index contributed by atoms with van der Waals surface area (Å²) in [5.74, 6) is 0. The molecule has 5 heteroatoms. The van der Waals surface area contributed by atoms with Crippen molar-refractivity contribution in [1.29, 1.82) is 0 Å². The van der Waals surface area contributed by atoms with Crippen LogP contribution < -0.4 is 63.3 Å². The van der Waals surface area contributed by atoms with Crippen molar-refractivity contribution in [2.24, 2.45) is 0 Å². The monoisotopic (exact) mass is 916 g/mol. The fraction of sp³-hybridized carbons (Fsp3) is 0. The Kier molecular flexibility index (Phi) is 9.79. The van der Waals surface area contributed by atoms with Crippen LogP contribution in [0.1, 0.15) is 0 Å². The second kappa shape index (κ2) is 16.8. The molecule has 3 heterocycles. The molecule has 330 valence electrons. The Morgan fingerprint density at radius 2 is 0.718 bits per heavy atom. The number of anilines is 6. The van der Waals surface area contributed by atoms with E-state index in [0.717, 1.165) is 17.1 Å². The van der Waals surface area contributed by atoms with Crippen LogP contribution in [0.4, 0.5) is 34.1 Å². The molecule has 0 radical (unpaired) electrons. The summed E-state index contributed by atoms with van der Waals surface area (Å²) in [6.45, 7) is 0.151. The lowest BCUT2D eigenvalue weighted by molar-refractivity contribution is 1.28. The first-order valence-electron chi connectivity index (χ1n) is 24.8. The Bertz CT molecular complexity index is 3670. The molecular formula is C66H46B2N2Si. The Morgan fingerprint density at radius 3 is 1.28 bits per heavy atom. The fourth-order valence-corrected chi connectivity index (χ4v) is 18.4. The van der Waals surface area contributed by atoms with Gasteiger partial charge in [0, 0.05) is 34.1 Å². The van der Waals surface area contributed by atoms with Gasteiger partial charge in [0.25, 0.3) is 0 Å². The van der Waals surface area contributed by atoms with Crippen molar-refractivity contribution in [1.82, 2.24) is 0 Å². The van der Waals surface area contributed by atoms with Crippen LogP contribution in [0.2, 0.25) is 0 Å². The van der Waals surface area contributed by atoms with Crippen molar-refractivity contribution in [3.63, 3.8) is 0 Å². The molecule has 0 aliphatic carbocycles. The highest BCUT2D eigenvalue weighted by Gasteiger charge is 2.56. The van der Waals surface area contributed by atoms with E-state index < -0.39 is 8.07 Å². The molecule has 0 unspecified atom stereocenters. The molecule has 0 amide bonds. The Hall–Kier alpha value is -8.63. The van der Waals surface area contributed by atoms with Gasteiger partial charge in [0.1, 0.15) is 0 Å². The van der Waals surface area contributed by atoms with Gasteiger partial charge in [-0.05, 0) is 115 Å². The lowest BCUT2D eigenvalue weighted by Crippen LogP contribution is -2.93. The zero-order chi connectivity index (χ0) is 46.9. The average Bonchev–Trinajstić information content (AvgIpc) is 3.45. The maximum absolute atomic E-state index is 2.95. The number of rotatable bonds is 7. The van der Waals surface area contributed by atoms with Crippen molar-refractivity contribution in [3.8, 4) is 22.3 Å². The van der Waals surface area contributed by atoms with E-state index in [1.54, 1.807) is 0 Å². The number of nitrogens with zero attached hydrogens (tertiary/aromatic N) is 2. The van der Waals surface area contributed by atoms with Crippen molar-refractivity contribution >= 4 is 109 Å². The summed E-state index contributed by atoms with van der Waals surface area (Å²) >= 11 is 0. The minimum absolute atomic E-state index is 0.0387. The van der Waals surface area contributed by atoms with Crippen LogP contribution >= 0.6 is 0 Å². The van der Waals surface area contributed by atoms with Gasteiger partial charge in [0.2, 0.25) is 13.4 Å². The van der Waals surface area contributed by atoms with Gasteiger partial charge in [-0.2, -0.15) is 0 Å². The topological polar surface area (TPSA) is 6.48 Å². The summed E-state index contributed by atoms with van der Waals surface area (Å²) in [5, 5.41) is 5.95. The Balaban J connectivity index is 0.947. The predicted octanol–water partition coefficient (Wildman–Crippen LogP) is 9.31. The van der Waals surface area contributed by atoms with Gasteiger partial charge in [0.15, 0.2) is 8.07 Å². The van der Waals surface area contributed by atoms with Gasteiger partial charge in [0.05, 0.1) is 0 Å². The van der Waals surface area contributed by atoms with Gasteiger partial charge < -0.3 is 9.80 Å². The molecule has 0 N–H and O–H groups in total. The molecule has 3 aliphatic rings. The highest BCUT2D eigenvalue weighted by Crippen LogP contribution is 2.39. The Labute approximate surface area is 418 Å². The minimum atomic E-state index is -2.95. The minimum Gasteiger partial charge on any atom is -0.312 e. The number of fused-ring (bicyclic) bond motifs is 10. The standard InChI is InChI=1S/C66H46B2N2Si/c1-4-21-47(22-5-1)49-25-18-29-54(45-49)69(55-30-19-26-50(46-55)48-23-6-2-7-24-48)53-43-41-51(42-44-53)67-57-32-11-15-37-62(57)71(63-38-16-12-33-58(63)67)64-39-17-13-34-59(64)68-56-31-10-14-35-60(56)70(52-27-8-3-9-28-52)61-36-20-40-65(71)66(61)68/h1-46H. The highest BCUT2D eigenvalue weighted by molar-refractivity contribution is 7.31. The smallest absolute Gasteiger partial charge is 0.246 e. The summed E-state index contributed by atoms with van der Waals surface area (Å²) < 4.78 is 0. The fourth-order valence-electron chi connectivity index (χ4n) is 12.6. The normalized spacial score (nSPS) is 13.4. The first-order valence-corrected chi connectivity index (χ1v) is 26.8. The number of para-hydroxylation sites is 2. The molecule has 0 bridgehead atoms.